The first-order chi connectivity index (χ1) is 8.25. The van der Waals surface area contributed by atoms with Gasteiger partial charge in [0.2, 0.25) is 0 Å². The van der Waals surface area contributed by atoms with E-state index < -0.39 is 0 Å². The zero-order chi connectivity index (χ0) is 12.5. The molecule has 0 radical (unpaired) electrons. The van der Waals surface area contributed by atoms with E-state index in [0.717, 1.165) is 4.90 Å². The first-order valence-electron chi connectivity index (χ1n) is 5.56. The summed E-state index contributed by atoms with van der Waals surface area (Å²) in [6, 6.07) is 0. The summed E-state index contributed by atoms with van der Waals surface area (Å²) in [5, 5.41) is 0. The van der Waals surface area contributed by atoms with Gasteiger partial charge in [0.25, 0.3) is 11.8 Å². The van der Waals surface area contributed by atoms with Gasteiger partial charge < -0.3 is 9.47 Å². The Morgan fingerprint density at radius 3 is 2.41 bits per heavy atom. The smallest absolute Gasteiger partial charge is 0.253 e. The molecule has 0 saturated carbocycles. The highest BCUT2D eigenvalue weighted by Gasteiger charge is 2.22. The third-order valence-electron chi connectivity index (χ3n) is 2.18. The average Bonchev–Trinajstić information content (AvgIpc) is 2.63. The van der Waals surface area contributed by atoms with E-state index in [0.29, 0.717) is 33.0 Å². The molecule has 1 heterocycles. The Hall–Kier alpha value is -1.46. The van der Waals surface area contributed by atoms with Gasteiger partial charge in [0, 0.05) is 12.2 Å². The van der Waals surface area contributed by atoms with Crippen molar-refractivity contribution in [3.63, 3.8) is 0 Å². The minimum Gasteiger partial charge on any atom is -0.377 e. The third kappa shape index (κ3) is 4.93. The minimum atomic E-state index is -0.275. The van der Waals surface area contributed by atoms with Crippen molar-refractivity contribution in [1.29, 1.82) is 0 Å². The summed E-state index contributed by atoms with van der Waals surface area (Å²) in [7, 11) is 0. The molecule has 0 unspecified atom stereocenters. The van der Waals surface area contributed by atoms with E-state index in [9.17, 15) is 9.59 Å². The summed E-state index contributed by atoms with van der Waals surface area (Å²) in [6.45, 7) is 4.10. The number of hydrogen-bond donors (Lipinski definition) is 0. The standard InChI is InChI=1S/C12H17NO4/c1-2-3-7-16-9-10-17-8-6-13-11(14)4-5-12(13)15/h2-5H,6-10H2,1H3. The molecular weight excluding hydrogens is 222 g/mol. The second-order valence-corrected chi connectivity index (χ2v) is 3.42. The quantitative estimate of drug-likeness (QED) is 0.352. The van der Waals surface area contributed by atoms with Crippen molar-refractivity contribution in [3.05, 3.63) is 24.3 Å². The van der Waals surface area contributed by atoms with E-state index in [1.165, 1.54) is 12.2 Å². The van der Waals surface area contributed by atoms with Crippen LogP contribution in [0.2, 0.25) is 0 Å². The molecule has 94 valence electrons. The van der Waals surface area contributed by atoms with E-state index in [1.807, 2.05) is 19.1 Å². The van der Waals surface area contributed by atoms with Gasteiger partial charge in [-0.25, -0.2) is 0 Å². The van der Waals surface area contributed by atoms with Gasteiger partial charge in [-0.15, -0.1) is 0 Å². The van der Waals surface area contributed by atoms with Crippen LogP contribution in [0, 0.1) is 0 Å². The van der Waals surface area contributed by atoms with Crippen LogP contribution in [0.15, 0.2) is 24.3 Å². The molecule has 0 bridgehead atoms. The van der Waals surface area contributed by atoms with Gasteiger partial charge in [-0.2, -0.15) is 0 Å². The van der Waals surface area contributed by atoms with Crippen molar-refractivity contribution in [2.75, 3.05) is 33.0 Å². The summed E-state index contributed by atoms with van der Waals surface area (Å²) in [5.74, 6) is -0.550. The average molecular weight is 239 g/mol. The summed E-state index contributed by atoms with van der Waals surface area (Å²) in [6.07, 6.45) is 6.36. The van der Waals surface area contributed by atoms with Crippen LogP contribution < -0.4 is 0 Å². The SMILES string of the molecule is CC=CCOCCOCCN1C(=O)C=CC1=O. The molecule has 0 spiro atoms. The van der Waals surface area contributed by atoms with Gasteiger partial charge in [-0.05, 0) is 6.92 Å². The second-order valence-electron chi connectivity index (χ2n) is 3.42. The summed E-state index contributed by atoms with van der Waals surface area (Å²) in [4.78, 5) is 23.5. The van der Waals surface area contributed by atoms with Crippen LogP contribution in [0.25, 0.3) is 0 Å². The lowest BCUT2D eigenvalue weighted by Gasteiger charge is -2.13. The Labute approximate surface area is 101 Å². The highest BCUT2D eigenvalue weighted by molar-refractivity contribution is 6.12. The Bertz CT molecular complexity index is 304. The van der Waals surface area contributed by atoms with Crippen LogP contribution in [0.5, 0.6) is 0 Å². The van der Waals surface area contributed by atoms with Crippen LogP contribution in [0.4, 0.5) is 0 Å². The third-order valence-corrected chi connectivity index (χ3v) is 2.18. The second kappa shape index (κ2) is 7.76. The molecule has 1 aliphatic rings. The van der Waals surface area contributed by atoms with Gasteiger partial charge in [0.15, 0.2) is 0 Å². The minimum absolute atomic E-state index is 0.275. The number of rotatable bonds is 8. The summed E-state index contributed by atoms with van der Waals surface area (Å²) >= 11 is 0. The van der Waals surface area contributed by atoms with E-state index in [2.05, 4.69) is 0 Å². The molecule has 0 aromatic rings. The fraction of sp³-hybridized carbons (Fsp3) is 0.500. The monoisotopic (exact) mass is 239 g/mol. The Morgan fingerprint density at radius 2 is 1.76 bits per heavy atom. The first-order valence-corrected chi connectivity index (χ1v) is 5.56. The van der Waals surface area contributed by atoms with Gasteiger partial charge in [0.1, 0.15) is 0 Å². The summed E-state index contributed by atoms with van der Waals surface area (Å²) in [5.41, 5.74) is 0. The van der Waals surface area contributed by atoms with Crippen LogP contribution in [-0.4, -0.2) is 49.7 Å². The molecule has 0 aliphatic carbocycles. The van der Waals surface area contributed by atoms with Crippen molar-refractivity contribution in [2.45, 2.75) is 6.92 Å². The number of carbonyl (C=O) groups excluding carboxylic acids is 2. The van der Waals surface area contributed by atoms with Crippen molar-refractivity contribution in [3.8, 4) is 0 Å². The molecule has 17 heavy (non-hydrogen) atoms. The molecular formula is C12H17NO4. The largest absolute Gasteiger partial charge is 0.377 e. The molecule has 0 aromatic heterocycles. The number of ether oxygens (including phenoxy) is 2. The van der Waals surface area contributed by atoms with Gasteiger partial charge >= 0.3 is 0 Å². The lowest BCUT2D eigenvalue weighted by Crippen LogP contribution is -2.33. The summed E-state index contributed by atoms with van der Waals surface area (Å²) < 4.78 is 10.5. The molecule has 1 rings (SSSR count). The van der Waals surface area contributed by atoms with E-state index in [4.69, 9.17) is 9.47 Å². The fourth-order valence-corrected chi connectivity index (χ4v) is 1.27. The lowest BCUT2D eigenvalue weighted by atomic mass is 10.5. The number of allylic oxidation sites excluding steroid dienone is 1. The van der Waals surface area contributed by atoms with E-state index in [-0.39, 0.29) is 11.8 Å². The van der Waals surface area contributed by atoms with Crippen LogP contribution in [0.1, 0.15) is 6.92 Å². The van der Waals surface area contributed by atoms with Crippen molar-refractivity contribution >= 4 is 11.8 Å². The van der Waals surface area contributed by atoms with Crippen LogP contribution >= 0.6 is 0 Å². The number of hydrogen-bond acceptors (Lipinski definition) is 4. The zero-order valence-corrected chi connectivity index (χ0v) is 9.93. The molecule has 0 atom stereocenters. The van der Waals surface area contributed by atoms with Crippen molar-refractivity contribution in [2.24, 2.45) is 0 Å². The van der Waals surface area contributed by atoms with E-state index >= 15 is 0 Å². The fourth-order valence-electron chi connectivity index (χ4n) is 1.27. The molecule has 2 amide bonds. The Balaban J connectivity index is 1.98. The topological polar surface area (TPSA) is 55.8 Å². The molecule has 5 nitrogen and oxygen atoms in total. The maximum atomic E-state index is 11.2. The van der Waals surface area contributed by atoms with E-state index in [1.54, 1.807) is 0 Å². The molecule has 0 fully saturated rings. The predicted octanol–water partition coefficient (Wildman–Crippen LogP) is 0.521. The zero-order valence-electron chi connectivity index (χ0n) is 9.93. The maximum Gasteiger partial charge on any atom is 0.253 e. The predicted molar refractivity (Wildman–Crippen MR) is 62.3 cm³/mol. The first kappa shape index (κ1) is 13.6. The number of nitrogens with zero attached hydrogens (tertiary/aromatic N) is 1. The molecule has 0 N–H and O–H groups in total. The number of carbonyl (C=O) groups is 2. The molecule has 0 aromatic carbocycles. The number of imide groups is 1. The molecule has 1 aliphatic heterocycles. The highest BCUT2D eigenvalue weighted by Crippen LogP contribution is 2.02. The Morgan fingerprint density at radius 1 is 1.12 bits per heavy atom. The van der Waals surface area contributed by atoms with Gasteiger partial charge in [-0.3, -0.25) is 14.5 Å². The normalized spacial score (nSPS) is 15.5. The number of amides is 2. The highest BCUT2D eigenvalue weighted by atomic mass is 16.5. The molecule has 0 saturated heterocycles. The van der Waals surface area contributed by atoms with Crippen molar-refractivity contribution in [1.82, 2.24) is 4.90 Å². The lowest BCUT2D eigenvalue weighted by molar-refractivity contribution is -0.137. The molecule has 5 heteroatoms. The Kier molecular flexibility index (Phi) is 6.21. The maximum absolute atomic E-state index is 11.2. The van der Waals surface area contributed by atoms with Gasteiger partial charge in [-0.1, -0.05) is 12.2 Å². The van der Waals surface area contributed by atoms with Crippen molar-refractivity contribution < 1.29 is 19.1 Å². The van der Waals surface area contributed by atoms with Gasteiger partial charge in [0.05, 0.1) is 33.0 Å². The van der Waals surface area contributed by atoms with Crippen LogP contribution in [-0.2, 0) is 19.1 Å². The van der Waals surface area contributed by atoms with Crippen LogP contribution in [0.3, 0.4) is 0 Å².